The molecule has 1 rings (SSSR count). The molecule has 1 saturated carbocycles. The first-order valence-corrected chi connectivity index (χ1v) is 5.98. The molecular weight excluding hydrogens is 174 g/mol. The quantitative estimate of drug-likeness (QED) is 0.626. The van der Waals surface area contributed by atoms with Crippen LogP contribution in [0, 0.1) is 0 Å². The summed E-state index contributed by atoms with van der Waals surface area (Å²) < 4.78 is 0. The van der Waals surface area contributed by atoms with Crippen molar-refractivity contribution >= 4 is 0 Å². The third kappa shape index (κ3) is 3.95. The lowest BCUT2D eigenvalue weighted by Crippen LogP contribution is -2.38. The van der Waals surface area contributed by atoms with Gasteiger partial charge in [0.2, 0.25) is 0 Å². The monoisotopic (exact) mass is 199 g/mol. The van der Waals surface area contributed by atoms with Crippen LogP contribution in [0.2, 0.25) is 0 Å². The number of nitrogens with two attached hydrogens (primary N) is 1. The third-order valence-corrected chi connectivity index (χ3v) is 3.08. The van der Waals surface area contributed by atoms with Gasteiger partial charge < -0.3 is 10.6 Å². The minimum Gasteiger partial charge on any atom is -0.329 e. The molecule has 0 aromatic rings. The van der Waals surface area contributed by atoms with Crippen LogP contribution in [-0.2, 0) is 0 Å². The van der Waals surface area contributed by atoms with Crippen molar-refractivity contribution in [1.82, 2.24) is 9.80 Å². The van der Waals surface area contributed by atoms with E-state index in [0.29, 0.717) is 0 Å². The van der Waals surface area contributed by atoms with E-state index in [-0.39, 0.29) is 0 Å². The lowest BCUT2D eigenvalue weighted by Gasteiger charge is -2.25. The summed E-state index contributed by atoms with van der Waals surface area (Å²) in [7, 11) is 0. The van der Waals surface area contributed by atoms with Crippen molar-refractivity contribution in [2.75, 3.05) is 39.3 Å². The van der Waals surface area contributed by atoms with E-state index in [1.165, 1.54) is 25.9 Å². The van der Waals surface area contributed by atoms with Crippen LogP contribution in [-0.4, -0.2) is 55.1 Å². The Kier molecular flexibility index (Phi) is 5.45. The van der Waals surface area contributed by atoms with Gasteiger partial charge in [-0.25, -0.2) is 0 Å². The van der Waals surface area contributed by atoms with Gasteiger partial charge in [0, 0.05) is 32.2 Å². The van der Waals surface area contributed by atoms with E-state index in [1.807, 2.05) is 0 Å². The second kappa shape index (κ2) is 6.38. The van der Waals surface area contributed by atoms with Crippen LogP contribution in [0.5, 0.6) is 0 Å². The fourth-order valence-electron chi connectivity index (χ4n) is 1.89. The number of nitrogens with zero attached hydrogens (tertiary/aromatic N) is 2. The molecule has 0 saturated heterocycles. The fourth-order valence-corrected chi connectivity index (χ4v) is 1.89. The largest absolute Gasteiger partial charge is 0.329 e. The maximum Gasteiger partial charge on any atom is 0.0113 e. The molecule has 0 radical (unpaired) electrons. The zero-order chi connectivity index (χ0) is 10.4. The summed E-state index contributed by atoms with van der Waals surface area (Å²) in [4.78, 5) is 5.03. The van der Waals surface area contributed by atoms with Crippen molar-refractivity contribution in [1.29, 1.82) is 0 Å². The molecule has 1 fully saturated rings. The Morgan fingerprint density at radius 2 is 1.71 bits per heavy atom. The Labute approximate surface area is 88.2 Å². The van der Waals surface area contributed by atoms with Gasteiger partial charge in [0.05, 0.1) is 0 Å². The van der Waals surface area contributed by atoms with Crippen molar-refractivity contribution in [2.45, 2.75) is 32.7 Å². The zero-order valence-corrected chi connectivity index (χ0v) is 9.71. The molecule has 1 aliphatic carbocycles. The van der Waals surface area contributed by atoms with Gasteiger partial charge >= 0.3 is 0 Å². The molecule has 14 heavy (non-hydrogen) atoms. The highest BCUT2D eigenvalue weighted by atomic mass is 15.2. The van der Waals surface area contributed by atoms with E-state index in [2.05, 4.69) is 23.6 Å². The highest BCUT2D eigenvalue weighted by Gasteiger charge is 2.27. The molecule has 0 aromatic heterocycles. The maximum absolute atomic E-state index is 5.61. The lowest BCUT2D eigenvalue weighted by molar-refractivity contribution is 0.211. The molecule has 0 amide bonds. The highest BCUT2D eigenvalue weighted by molar-refractivity contribution is 4.84. The van der Waals surface area contributed by atoms with Crippen LogP contribution in [0.3, 0.4) is 0 Å². The molecule has 0 spiro atoms. The Balaban J connectivity index is 2.17. The number of hydrogen-bond acceptors (Lipinski definition) is 3. The topological polar surface area (TPSA) is 32.5 Å². The standard InChI is InChI=1S/C11H25N3/c1-3-13(4-2)9-10-14(8-7-12)11-5-6-11/h11H,3-10,12H2,1-2H3. The van der Waals surface area contributed by atoms with Crippen LogP contribution in [0.4, 0.5) is 0 Å². The van der Waals surface area contributed by atoms with E-state index in [1.54, 1.807) is 0 Å². The van der Waals surface area contributed by atoms with Crippen molar-refractivity contribution in [3.8, 4) is 0 Å². The predicted octanol–water partition coefficient (Wildman–Crippen LogP) is 0.751. The Morgan fingerprint density at radius 3 is 2.14 bits per heavy atom. The van der Waals surface area contributed by atoms with E-state index in [0.717, 1.165) is 32.2 Å². The van der Waals surface area contributed by atoms with Crippen LogP contribution >= 0.6 is 0 Å². The third-order valence-electron chi connectivity index (χ3n) is 3.08. The molecule has 84 valence electrons. The predicted molar refractivity (Wildman–Crippen MR) is 61.4 cm³/mol. The van der Waals surface area contributed by atoms with Gasteiger partial charge in [-0.3, -0.25) is 4.90 Å². The molecule has 0 atom stereocenters. The Bertz CT molecular complexity index is 141. The van der Waals surface area contributed by atoms with E-state index < -0.39 is 0 Å². The lowest BCUT2D eigenvalue weighted by atomic mass is 10.4. The smallest absolute Gasteiger partial charge is 0.0113 e. The summed E-state index contributed by atoms with van der Waals surface area (Å²) in [6.07, 6.45) is 2.77. The van der Waals surface area contributed by atoms with Gasteiger partial charge in [0.25, 0.3) is 0 Å². The zero-order valence-electron chi connectivity index (χ0n) is 9.71. The minimum atomic E-state index is 0.800. The Morgan fingerprint density at radius 1 is 1.07 bits per heavy atom. The molecule has 0 aliphatic heterocycles. The molecule has 2 N–H and O–H groups in total. The second-order valence-electron chi connectivity index (χ2n) is 4.08. The molecule has 0 unspecified atom stereocenters. The van der Waals surface area contributed by atoms with Gasteiger partial charge in [-0.05, 0) is 25.9 Å². The van der Waals surface area contributed by atoms with Crippen LogP contribution in [0.1, 0.15) is 26.7 Å². The summed E-state index contributed by atoms with van der Waals surface area (Å²) in [5.41, 5.74) is 5.61. The maximum atomic E-state index is 5.61. The van der Waals surface area contributed by atoms with E-state index in [4.69, 9.17) is 5.73 Å². The van der Waals surface area contributed by atoms with Crippen molar-refractivity contribution in [3.05, 3.63) is 0 Å². The fraction of sp³-hybridized carbons (Fsp3) is 1.00. The number of hydrogen-bond donors (Lipinski definition) is 1. The average molecular weight is 199 g/mol. The molecule has 0 bridgehead atoms. The molecule has 0 aromatic carbocycles. The molecule has 3 nitrogen and oxygen atoms in total. The molecule has 3 heteroatoms. The van der Waals surface area contributed by atoms with E-state index in [9.17, 15) is 0 Å². The molecule has 0 heterocycles. The van der Waals surface area contributed by atoms with Gasteiger partial charge in [-0.15, -0.1) is 0 Å². The van der Waals surface area contributed by atoms with Crippen LogP contribution < -0.4 is 5.73 Å². The second-order valence-corrected chi connectivity index (χ2v) is 4.08. The Hall–Kier alpha value is -0.120. The number of likely N-dealkylation sites (N-methyl/N-ethyl adjacent to an activating group) is 1. The first kappa shape index (κ1) is 12.0. The summed E-state index contributed by atoms with van der Waals surface area (Å²) in [6, 6.07) is 0.856. The first-order valence-electron chi connectivity index (χ1n) is 5.98. The summed E-state index contributed by atoms with van der Waals surface area (Å²) in [5.74, 6) is 0. The van der Waals surface area contributed by atoms with Gasteiger partial charge in [-0.2, -0.15) is 0 Å². The van der Waals surface area contributed by atoms with E-state index >= 15 is 0 Å². The van der Waals surface area contributed by atoms with Gasteiger partial charge in [0.15, 0.2) is 0 Å². The SMILES string of the molecule is CCN(CC)CCN(CCN)C1CC1. The minimum absolute atomic E-state index is 0.800. The van der Waals surface area contributed by atoms with Crippen LogP contribution in [0.25, 0.3) is 0 Å². The molecule has 1 aliphatic rings. The van der Waals surface area contributed by atoms with Crippen molar-refractivity contribution < 1.29 is 0 Å². The van der Waals surface area contributed by atoms with Gasteiger partial charge in [0.1, 0.15) is 0 Å². The highest BCUT2D eigenvalue weighted by Crippen LogP contribution is 2.25. The first-order chi connectivity index (χ1) is 6.81. The summed E-state index contributed by atoms with van der Waals surface area (Å²) in [5, 5.41) is 0. The molecular formula is C11H25N3. The van der Waals surface area contributed by atoms with Crippen LogP contribution in [0.15, 0.2) is 0 Å². The van der Waals surface area contributed by atoms with Crippen molar-refractivity contribution in [2.24, 2.45) is 5.73 Å². The van der Waals surface area contributed by atoms with Crippen molar-refractivity contribution in [3.63, 3.8) is 0 Å². The average Bonchev–Trinajstić information content (AvgIpc) is 3.01. The summed E-state index contributed by atoms with van der Waals surface area (Å²) in [6.45, 7) is 11.1. The summed E-state index contributed by atoms with van der Waals surface area (Å²) >= 11 is 0. The number of rotatable bonds is 8. The van der Waals surface area contributed by atoms with Gasteiger partial charge in [-0.1, -0.05) is 13.8 Å². The normalized spacial score (nSPS) is 16.9.